The van der Waals surface area contributed by atoms with Gasteiger partial charge in [-0.3, -0.25) is 9.69 Å². The first-order valence-electron chi connectivity index (χ1n) is 8.31. The molecule has 3 aromatic rings. The van der Waals surface area contributed by atoms with E-state index in [1.54, 1.807) is 11.3 Å². The number of aryl methyl sites for hydroxylation is 2. The normalized spacial score (nSPS) is 11.0. The second kappa shape index (κ2) is 7.14. The summed E-state index contributed by atoms with van der Waals surface area (Å²) in [6.07, 6.45) is 1.38. The van der Waals surface area contributed by atoms with Crippen molar-refractivity contribution in [1.82, 2.24) is 4.98 Å². The molecule has 0 spiro atoms. The predicted molar refractivity (Wildman–Crippen MR) is 102 cm³/mol. The average Bonchev–Trinajstić information content (AvgIpc) is 3.03. The van der Waals surface area contributed by atoms with Crippen molar-refractivity contribution in [2.75, 3.05) is 4.90 Å². The molecule has 0 bridgehead atoms. The van der Waals surface area contributed by atoms with Gasteiger partial charge in [0.05, 0.1) is 16.8 Å². The van der Waals surface area contributed by atoms with E-state index in [4.69, 9.17) is 4.98 Å². The number of amides is 1. The lowest BCUT2D eigenvalue weighted by atomic mass is 10.1. The minimum atomic E-state index is 0.135. The molecular weight excluding hydrogens is 316 g/mol. The molecule has 3 nitrogen and oxygen atoms in total. The van der Waals surface area contributed by atoms with Gasteiger partial charge in [-0.1, -0.05) is 60.7 Å². The van der Waals surface area contributed by atoms with E-state index in [2.05, 4.69) is 38.1 Å². The van der Waals surface area contributed by atoms with Gasteiger partial charge in [-0.25, -0.2) is 4.98 Å². The molecule has 1 aromatic heterocycles. The van der Waals surface area contributed by atoms with Crippen molar-refractivity contribution < 1.29 is 4.79 Å². The van der Waals surface area contributed by atoms with E-state index < -0.39 is 0 Å². The van der Waals surface area contributed by atoms with Gasteiger partial charge in [0.1, 0.15) is 0 Å². The van der Waals surface area contributed by atoms with Gasteiger partial charge in [-0.2, -0.15) is 0 Å². The van der Waals surface area contributed by atoms with Gasteiger partial charge >= 0.3 is 0 Å². The molecule has 1 amide bonds. The maximum Gasteiger partial charge on any atom is 0.229 e. The third-order valence-corrected chi connectivity index (χ3v) is 5.32. The number of benzene rings is 2. The summed E-state index contributed by atoms with van der Waals surface area (Å²) in [5, 5.41) is 0.796. The van der Waals surface area contributed by atoms with Crippen molar-refractivity contribution in [2.24, 2.45) is 0 Å². The Morgan fingerprint density at radius 3 is 2.46 bits per heavy atom. The lowest BCUT2D eigenvalue weighted by Gasteiger charge is -2.19. The molecule has 24 heavy (non-hydrogen) atoms. The van der Waals surface area contributed by atoms with Crippen LogP contribution in [0.25, 0.3) is 10.2 Å². The van der Waals surface area contributed by atoms with Crippen LogP contribution in [-0.2, 0) is 11.3 Å². The van der Waals surface area contributed by atoms with Crippen LogP contribution in [0.4, 0.5) is 5.13 Å². The van der Waals surface area contributed by atoms with Gasteiger partial charge < -0.3 is 0 Å². The van der Waals surface area contributed by atoms with Crippen LogP contribution in [0.15, 0.2) is 42.5 Å². The molecule has 0 atom stereocenters. The molecule has 124 valence electrons. The molecular formula is C20H22N2OS. The summed E-state index contributed by atoms with van der Waals surface area (Å²) in [7, 11) is 0. The van der Waals surface area contributed by atoms with Crippen molar-refractivity contribution in [2.45, 2.75) is 40.2 Å². The van der Waals surface area contributed by atoms with Crippen LogP contribution in [0.3, 0.4) is 0 Å². The molecule has 0 N–H and O–H groups in total. The van der Waals surface area contributed by atoms with Gasteiger partial charge in [0.15, 0.2) is 5.13 Å². The first kappa shape index (κ1) is 16.7. The Bertz CT molecular complexity index is 816. The quantitative estimate of drug-likeness (QED) is 0.637. The highest BCUT2D eigenvalue weighted by Crippen LogP contribution is 2.34. The number of hydrogen-bond donors (Lipinski definition) is 0. The van der Waals surface area contributed by atoms with E-state index in [1.807, 2.05) is 30.0 Å². The number of carbonyl (C=O) groups is 1. The third-order valence-electron chi connectivity index (χ3n) is 4.11. The van der Waals surface area contributed by atoms with E-state index in [-0.39, 0.29) is 5.91 Å². The Balaban J connectivity index is 2.03. The summed E-state index contributed by atoms with van der Waals surface area (Å²) < 4.78 is 1.17. The molecule has 2 aromatic carbocycles. The van der Waals surface area contributed by atoms with Gasteiger partial charge in [0.2, 0.25) is 5.91 Å². The molecule has 3 rings (SSSR count). The summed E-state index contributed by atoms with van der Waals surface area (Å²) in [5.41, 5.74) is 4.50. The van der Waals surface area contributed by atoms with E-state index in [1.165, 1.54) is 10.3 Å². The molecule has 1 heterocycles. The highest BCUT2D eigenvalue weighted by Gasteiger charge is 2.20. The summed E-state index contributed by atoms with van der Waals surface area (Å²) >= 11 is 1.61. The van der Waals surface area contributed by atoms with Crippen LogP contribution in [0.1, 0.15) is 36.5 Å². The van der Waals surface area contributed by atoms with Crippen molar-refractivity contribution in [3.63, 3.8) is 0 Å². The Kier molecular flexibility index (Phi) is 4.95. The number of aromatic nitrogens is 1. The number of fused-ring (bicyclic) bond motifs is 1. The van der Waals surface area contributed by atoms with E-state index in [0.29, 0.717) is 13.0 Å². The first-order valence-corrected chi connectivity index (χ1v) is 9.13. The smallest absolute Gasteiger partial charge is 0.229 e. The van der Waals surface area contributed by atoms with Crippen LogP contribution in [0, 0.1) is 13.8 Å². The number of nitrogens with zero attached hydrogens (tertiary/aromatic N) is 2. The number of anilines is 1. The third kappa shape index (κ3) is 3.34. The lowest BCUT2D eigenvalue weighted by Crippen LogP contribution is -2.29. The Hall–Kier alpha value is -2.20. The van der Waals surface area contributed by atoms with Crippen LogP contribution in [0.2, 0.25) is 0 Å². The maximum atomic E-state index is 12.7. The van der Waals surface area contributed by atoms with Gasteiger partial charge in [-0.05, 0) is 37.0 Å². The molecule has 0 radical (unpaired) electrons. The van der Waals surface area contributed by atoms with Crippen molar-refractivity contribution in [1.29, 1.82) is 0 Å². The Labute approximate surface area is 147 Å². The summed E-state index contributed by atoms with van der Waals surface area (Å²) in [4.78, 5) is 19.3. The first-order chi connectivity index (χ1) is 11.6. The highest BCUT2D eigenvalue weighted by molar-refractivity contribution is 7.22. The molecule has 0 unspecified atom stereocenters. The standard InChI is InChI=1S/C20H22N2OS/c1-4-8-17(23)22(13-16-9-6-5-7-10-16)20-21-18-14(2)11-12-15(3)19(18)24-20/h5-7,9-12H,4,8,13H2,1-3H3. The Morgan fingerprint density at radius 2 is 1.79 bits per heavy atom. The molecule has 0 aliphatic heterocycles. The number of thiazole rings is 1. The lowest BCUT2D eigenvalue weighted by molar-refractivity contribution is -0.118. The average molecular weight is 338 g/mol. The van der Waals surface area contributed by atoms with Crippen LogP contribution in [-0.4, -0.2) is 10.9 Å². The van der Waals surface area contributed by atoms with E-state index >= 15 is 0 Å². The van der Waals surface area contributed by atoms with Crippen molar-refractivity contribution in [3.8, 4) is 0 Å². The topological polar surface area (TPSA) is 33.2 Å². The van der Waals surface area contributed by atoms with Gasteiger partial charge in [0.25, 0.3) is 0 Å². The number of carbonyl (C=O) groups excluding carboxylic acids is 1. The monoisotopic (exact) mass is 338 g/mol. The molecule has 4 heteroatoms. The second-order valence-corrected chi connectivity index (χ2v) is 7.07. The predicted octanol–water partition coefficient (Wildman–Crippen LogP) is 5.25. The zero-order valence-corrected chi connectivity index (χ0v) is 15.2. The van der Waals surface area contributed by atoms with Crippen LogP contribution in [0.5, 0.6) is 0 Å². The number of hydrogen-bond acceptors (Lipinski definition) is 3. The van der Waals surface area contributed by atoms with Gasteiger partial charge in [0, 0.05) is 6.42 Å². The fourth-order valence-electron chi connectivity index (χ4n) is 2.74. The second-order valence-electron chi connectivity index (χ2n) is 6.09. The van der Waals surface area contributed by atoms with E-state index in [0.717, 1.165) is 28.2 Å². The summed E-state index contributed by atoms with van der Waals surface area (Å²) in [6.45, 7) is 6.77. The van der Waals surface area contributed by atoms with Crippen LogP contribution < -0.4 is 4.90 Å². The zero-order valence-electron chi connectivity index (χ0n) is 14.4. The molecule has 0 saturated heterocycles. The fourth-order valence-corrected chi connectivity index (χ4v) is 3.87. The zero-order chi connectivity index (χ0) is 17.1. The Morgan fingerprint density at radius 1 is 1.08 bits per heavy atom. The SMILES string of the molecule is CCCC(=O)N(Cc1ccccc1)c1nc2c(C)ccc(C)c2s1. The largest absolute Gasteiger partial charge is 0.284 e. The summed E-state index contributed by atoms with van der Waals surface area (Å²) in [6, 6.07) is 14.3. The molecule has 0 fully saturated rings. The molecule has 0 aliphatic carbocycles. The minimum absolute atomic E-state index is 0.135. The highest BCUT2D eigenvalue weighted by atomic mass is 32.1. The van der Waals surface area contributed by atoms with Crippen LogP contribution >= 0.6 is 11.3 Å². The van der Waals surface area contributed by atoms with Crippen molar-refractivity contribution >= 4 is 32.6 Å². The minimum Gasteiger partial charge on any atom is -0.284 e. The van der Waals surface area contributed by atoms with Gasteiger partial charge in [-0.15, -0.1) is 0 Å². The molecule has 0 aliphatic rings. The van der Waals surface area contributed by atoms with E-state index in [9.17, 15) is 4.79 Å². The maximum absolute atomic E-state index is 12.7. The van der Waals surface area contributed by atoms with Crippen molar-refractivity contribution in [3.05, 3.63) is 59.2 Å². The molecule has 0 saturated carbocycles. The number of rotatable bonds is 5. The summed E-state index contributed by atoms with van der Waals surface area (Å²) in [5.74, 6) is 0.135. The fraction of sp³-hybridized carbons (Fsp3) is 0.300.